The number of carbonyl (C=O) groups is 1. The minimum absolute atomic E-state index is 0.134. The van der Waals surface area contributed by atoms with Crippen LogP contribution in [-0.4, -0.2) is 28.4 Å². The van der Waals surface area contributed by atoms with E-state index < -0.39 is 5.60 Å². The van der Waals surface area contributed by atoms with Crippen molar-refractivity contribution in [3.05, 3.63) is 41.5 Å². The van der Waals surface area contributed by atoms with E-state index in [0.717, 1.165) is 16.9 Å². The van der Waals surface area contributed by atoms with Crippen LogP contribution in [0.5, 0.6) is 0 Å². The molecule has 0 bridgehead atoms. The lowest BCUT2D eigenvalue weighted by Gasteiger charge is -2.19. The van der Waals surface area contributed by atoms with E-state index >= 15 is 0 Å². The molecule has 1 N–H and O–H groups in total. The van der Waals surface area contributed by atoms with Gasteiger partial charge in [-0.2, -0.15) is 4.98 Å². The molecule has 0 fully saturated rings. The average molecular weight is 392 g/mol. The van der Waals surface area contributed by atoms with Gasteiger partial charge in [0.05, 0.1) is 5.75 Å². The van der Waals surface area contributed by atoms with E-state index in [-0.39, 0.29) is 11.5 Å². The van der Waals surface area contributed by atoms with Gasteiger partial charge in [0.2, 0.25) is 5.89 Å². The quantitative estimate of drug-likeness (QED) is 0.718. The van der Waals surface area contributed by atoms with Crippen LogP contribution in [0.4, 0.5) is 4.79 Å². The van der Waals surface area contributed by atoms with Gasteiger partial charge < -0.3 is 14.6 Å². The number of benzene rings is 1. The molecular formula is C20H29N3O3S. The van der Waals surface area contributed by atoms with Gasteiger partial charge in [-0.1, -0.05) is 38.1 Å². The Kier molecular flexibility index (Phi) is 6.92. The fraction of sp³-hybridized carbons (Fsp3) is 0.550. The maximum atomic E-state index is 11.6. The van der Waals surface area contributed by atoms with Crippen molar-refractivity contribution in [3.63, 3.8) is 0 Å². The van der Waals surface area contributed by atoms with Gasteiger partial charge >= 0.3 is 6.09 Å². The van der Waals surface area contributed by atoms with E-state index in [2.05, 4.69) is 39.7 Å². The molecule has 2 aromatic rings. The highest BCUT2D eigenvalue weighted by molar-refractivity contribution is 7.98. The summed E-state index contributed by atoms with van der Waals surface area (Å²) in [5, 5.41) is 6.81. The fourth-order valence-corrected chi connectivity index (χ4v) is 2.88. The molecule has 0 radical (unpaired) electrons. The number of nitrogens with zero attached hydrogens (tertiary/aromatic N) is 2. The van der Waals surface area contributed by atoms with Crippen molar-refractivity contribution in [2.24, 2.45) is 0 Å². The lowest BCUT2D eigenvalue weighted by Crippen LogP contribution is -2.33. The fourth-order valence-electron chi connectivity index (χ4n) is 2.14. The maximum absolute atomic E-state index is 11.6. The molecule has 27 heavy (non-hydrogen) atoms. The third-order valence-electron chi connectivity index (χ3n) is 3.48. The van der Waals surface area contributed by atoms with E-state index in [1.54, 1.807) is 11.8 Å². The smallest absolute Gasteiger partial charge is 0.407 e. The molecule has 0 saturated heterocycles. The normalized spacial score (nSPS) is 12.1. The second kappa shape index (κ2) is 8.78. The predicted octanol–water partition coefficient (Wildman–Crippen LogP) is 4.73. The van der Waals surface area contributed by atoms with E-state index in [0.29, 0.717) is 24.0 Å². The molecule has 1 aromatic carbocycles. The number of hydrogen-bond donors (Lipinski definition) is 1. The Labute approximate surface area is 165 Å². The highest BCUT2D eigenvalue weighted by atomic mass is 32.2. The van der Waals surface area contributed by atoms with Gasteiger partial charge in [0.1, 0.15) is 5.60 Å². The molecule has 1 heterocycles. The summed E-state index contributed by atoms with van der Waals surface area (Å²) in [6, 6.07) is 8.27. The highest BCUT2D eigenvalue weighted by Gasteiger charge is 2.21. The lowest BCUT2D eigenvalue weighted by atomic mass is 9.97. The van der Waals surface area contributed by atoms with Gasteiger partial charge in [-0.15, -0.1) is 11.8 Å². The maximum Gasteiger partial charge on any atom is 0.407 e. The van der Waals surface area contributed by atoms with Gasteiger partial charge in [-0.25, -0.2) is 4.79 Å². The zero-order valence-electron chi connectivity index (χ0n) is 17.0. The molecule has 2 rings (SSSR count). The average Bonchev–Trinajstić information content (AvgIpc) is 3.01. The predicted molar refractivity (Wildman–Crippen MR) is 107 cm³/mol. The second-order valence-electron chi connectivity index (χ2n) is 8.38. The molecule has 0 saturated carbocycles. The standard InChI is InChI=1S/C20H29N3O3S/c1-19(2,3)17-22-16(23-26-17)13-27-15-9-7-14(8-10-15)11-12-21-18(24)25-20(4,5)6/h7-10H,11-13H2,1-6H3,(H,21,24). The summed E-state index contributed by atoms with van der Waals surface area (Å²) in [7, 11) is 0. The Bertz CT molecular complexity index is 743. The van der Waals surface area contributed by atoms with Gasteiger partial charge in [-0.05, 0) is 44.9 Å². The van der Waals surface area contributed by atoms with Crippen molar-refractivity contribution in [1.29, 1.82) is 0 Å². The Morgan fingerprint density at radius 1 is 1.15 bits per heavy atom. The van der Waals surface area contributed by atoms with Gasteiger partial charge in [0.15, 0.2) is 5.82 Å². The van der Waals surface area contributed by atoms with Crippen LogP contribution in [0.3, 0.4) is 0 Å². The van der Waals surface area contributed by atoms with Crippen LogP contribution in [0, 0.1) is 0 Å². The molecule has 0 atom stereocenters. The first-order valence-electron chi connectivity index (χ1n) is 9.04. The number of carbonyl (C=O) groups excluding carboxylic acids is 1. The zero-order chi connectivity index (χ0) is 20.1. The summed E-state index contributed by atoms with van der Waals surface area (Å²) in [6.07, 6.45) is 0.369. The number of aromatic nitrogens is 2. The number of nitrogens with one attached hydrogen (secondary N) is 1. The molecule has 0 aliphatic carbocycles. The van der Waals surface area contributed by atoms with E-state index in [1.807, 2.05) is 41.5 Å². The third kappa shape index (κ3) is 7.62. The van der Waals surface area contributed by atoms with Crippen molar-refractivity contribution in [2.75, 3.05) is 6.54 Å². The summed E-state index contributed by atoms with van der Waals surface area (Å²) in [4.78, 5) is 17.2. The summed E-state index contributed by atoms with van der Waals surface area (Å²) in [5.74, 6) is 2.03. The van der Waals surface area contributed by atoms with Crippen molar-refractivity contribution >= 4 is 17.9 Å². The number of rotatable bonds is 6. The number of thioether (sulfide) groups is 1. The largest absolute Gasteiger partial charge is 0.444 e. The molecule has 1 amide bonds. The minimum atomic E-state index is -0.477. The first kappa shape index (κ1) is 21.3. The molecule has 6 nitrogen and oxygen atoms in total. The Balaban J connectivity index is 1.76. The Morgan fingerprint density at radius 2 is 1.81 bits per heavy atom. The molecular weight excluding hydrogens is 362 g/mol. The monoisotopic (exact) mass is 391 g/mol. The van der Waals surface area contributed by atoms with Crippen molar-refractivity contribution in [1.82, 2.24) is 15.5 Å². The Morgan fingerprint density at radius 3 is 2.37 bits per heavy atom. The summed E-state index contributed by atoms with van der Waals surface area (Å²) in [6.45, 7) is 12.2. The number of amides is 1. The van der Waals surface area contributed by atoms with Gasteiger partial charge in [0.25, 0.3) is 0 Å². The van der Waals surface area contributed by atoms with E-state index in [4.69, 9.17) is 9.26 Å². The van der Waals surface area contributed by atoms with E-state index in [9.17, 15) is 4.79 Å². The molecule has 7 heteroatoms. The van der Waals surface area contributed by atoms with Crippen molar-refractivity contribution < 1.29 is 14.1 Å². The van der Waals surface area contributed by atoms with Crippen LogP contribution in [0.1, 0.15) is 58.8 Å². The number of ether oxygens (including phenoxy) is 1. The summed E-state index contributed by atoms with van der Waals surface area (Å²) >= 11 is 1.67. The molecule has 0 unspecified atom stereocenters. The zero-order valence-corrected chi connectivity index (χ0v) is 17.8. The molecule has 0 aliphatic heterocycles. The van der Waals surface area contributed by atoms with E-state index in [1.165, 1.54) is 0 Å². The van der Waals surface area contributed by atoms with Gasteiger partial charge in [-0.3, -0.25) is 0 Å². The summed E-state index contributed by atoms with van der Waals surface area (Å²) in [5.41, 5.74) is 0.546. The summed E-state index contributed by atoms with van der Waals surface area (Å²) < 4.78 is 10.5. The molecule has 0 spiro atoms. The molecule has 148 valence electrons. The van der Waals surface area contributed by atoms with Crippen molar-refractivity contribution in [3.8, 4) is 0 Å². The molecule has 1 aromatic heterocycles. The van der Waals surface area contributed by atoms with Crippen LogP contribution < -0.4 is 5.32 Å². The lowest BCUT2D eigenvalue weighted by molar-refractivity contribution is 0.0528. The van der Waals surface area contributed by atoms with Crippen LogP contribution >= 0.6 is 11.8 Å². The van der Waals surface area contributed by atoms with Crippen molar-refractivity contribution in [2.45, 2.75) is 69.6 Å². The van der Waals surface area contributed by atoms with Crippen LogP contribution in [0.25, 0.3) is 0 Å². The second-order valence-corrected chi connectivity index (χ2v) is 9.43. The first-order chi connectivity index (χ1) is 12.5. The Hall–Kier alpha value is -2.02. The van der Waals surface area contributed by atoms with Crippen LogP contribution in [0.2, 0.25) is 0 Å². The minimum Gasteiger partial charge on any atom is -0.444 e. The highest BCUT2D eigenvalue weighted by Crippen LogP contribution is 2.24. The van der Waals surface area contributed by atoms with Gasteiger partial charge in [0, 0.05) is 16.9 Å². The number of hydrogen-bond acceptors (Lipinski definition) is 6. The topological polar surface area (TPSA) is 77.2 Å². The SMILES string of the molecule is CC(C)(C)OC(=O)NCCc1ccc(SCc2noc(C(C)(C)C)n2)cc1. The van der Waals surface area contributed by atoms with Crippen LogP contribution in [-0.2, 0) is 22.3 Å². The first-order valence-corrected chi connectivity index (χ1v) is 10.0. The van der Waals surface area contributed by atoms with Crippen LogP contribution in [0.15, 0.2) is 33.7 Å². The third-order valence-corrected chi connectivity index (χ3v) is 4.49. The molecule has 0 aliphatic rings. The number of alkyl carbamates (subject to hydrolysis) is 1.